The molecule has 1 saturated heterocycles. The van der Waals surface area contributed by atoms with Crippen molar-refractivity contribution in [3.8, 4) is 0 Å². The first-order valence-corrected chi connectivity index (χ1v) is 10.7. The van der Waals surface area contributed by atoms with E-state index >= 15 is 0 Å². The van der Waals surface area contributed by atoms with E-state index < -0.39 is 0 Å². The highest BCUT2D eigenvalue weighted by molar-refractivity contribution is 14.0. The van der Waals surface area contributed by atoms with Gasteiger partial charge in [0.25, 0.3) is 0 Å². The number of benzene rings is 1. The summed E-state index contributed by atoms with van der Waals surface area (Å²) in [5, 5.41) is 9.23. The van der Waals surface area contributed by atoms with E-state index in [-0.39, 0.29) is 29.4 Å². The number of nitrogens with one attached hydrogen (secondary N) is 2. The fraction of sp³-hybridized carbons (Fsp3) is 0.500. The van der Waals surface area contributed by atoms with Crippen molar-refractivity contribution < 1.29 is 4.74 Å². The number of halogens is 1. The van der Waals surface area contributed by atoms with E-state index in [1.54, 1.807) is 0 Å². The fourth-order valence-corrected chi connectivity index (χ4v) is 4.58. The minimum atomic E-state index is 0. The number of guanidine groups is 1. The smallest absolute Gasteiger partial charge is 0.191 e. The first-order chi connectivity index (χ1) is 13.2. The van der Waals surface area contributed by atoms with E-state index in [2.05, 4.69) is 70.4 Å². The summed E-state index contributed by atoms with van der Waals surface area (Å²) in [7, 11) is 1.85. The van der Waals surface area contributed by atoms with Gasteiger partial charge in [0.1, 0.15) is 0 Å². The number of hydrogen-bond acceptors (Lipinski definition) is 3. The van der Waals surface area contributed by atoms with Gasteiger partial charge in [-0.2, -0.15) is 0 Å². The third-order valence-corrected chi connectivity index (χ3v) is 6.30. The standard InChI is InChI=1S/C22H31N3OS.HI/c1-18(15-20-9-6-14-27-20)16-24-21(23-2)25-17-22(10-12-26-13-11-22)19-7-4-3-5-8-19;/h3-9,14,18H,10-13,15-17H2,1-2H3,(H2,23,24,25);1H. The summed E-state index contributed by atoms with van der Waals surface area (Å²) in [5.74, 6) is 1.45. The molecular formula is C22H32IN3OS. The van der Waals surface area contributed by atoms with Crippen molar-refractivity contribution in [3.63, 3.8) is 0 Å². The minimum absolute atomic E-state index is 0. The lowest BCUT2D eigenvalue weighted by atomic mass is 9.74. The summed E-state index contributed by atoms with van der Waals surface area (Å²) >= 11 is 1.83. The molecule has 154 valence electrons. The van der Waals surface area contributed by atoms with Crippen LogP contribution >= 0.6 is 35.3 Å². The Morgan fingerprint density at radius 1 is 1.14 bits per heavy atom. The highest BCUT2D eigenvalue weighted by Gasteiger charge is 2.34. The molecule has 28 heavy (non-hydrogen) atoms. The van der Waals surface area contributed by atoms with Gasteiger partial charge in [-0.05, 0) is 42.2 Å². The molecule has 2 heterocycles. The molecule has 0 spiro atoms. The molecule has 3 rings (SSSR count). The van der Waals surface area contributed by atoms with Gasteiger partial charge in [-0.15, -0.1) is 35.3 Å². The molecule has 2 N–H and O–H groups in total. The quantitative estimate of drug-likeness (QED) is 0.327. The molecule has 1 aromatic heterocycles. The molecular weight excluding hydrogens is 481 g/mol. The molecule has 0 saturated carbocycles. The van der Waals surface area contributed by atoms with Crippen LogP contribution in [-0.2, 0) is 16.6 Å². The Morgan fingerprint density at radius 3 is 2.54 bits per heavy atom. The van der Waals surface area contributed by atoms with Gasteiger partial charge in [0.2, 0.25) is 0 Å². The fourth-order valence-electron chi connectivity index (χ4n) is 3.71. The first-order valence-electron chi connectivity index (χ1n) is 9.82. The molecule has 4 nitrogen and oxygen atoms in total. The maximum atomic E-state index is 5.64. The molecule has 0 aliphatic carbocycles. The number of hydrogen-bond donors (Lipinski definition) is 2. The van der Waals surface area contributed by atoms with Gasteiger partial charge in [0, 0.05) is 43.6 Å². The van der Waals surface area contributed by atoms with Gasteiger partial charge in [-0.3, -0.25) is 4.99 Å². The molecule has 1 aliphatic heterocycles. The normalized spacial score (nSPS) is 17.4. The van der Waals surface area contributed by atoms with Crippen molar-refractivity contribution >= 4 is 41.3 Å². The van der Waals surface area contributed by atoms with Gasteiger partial charge in [-0.1, -0.05) is 43.3 Å². The zero-order valence-electron chi connectivity index (χ0n) is 16.8. The van der Waals surface area contributed by atoms with Crippen molar-refractivity contribution in [1.82, 2.24) is 10.6 Å². The number of nitrogens with zero attached hydrogens (tertiary/aromatic N) is 1. The van der Waals surface area contributed by atoms with Crippen molar-refractivity contribution in [2.24, 2.45) is 10.9 Å². The van der Waals surface area contributed by atoms with Gasteiger partial charge in [-0.25, -0.2) is 0 Å². The summed E-state index contributed by atoms with van der Waals surface area (Å²) in [4.78, 5) is 5.87. The molecule has 1 aliphatic rings. The summed E-state index contributed by atoms with van der Waals surface area (Å²) in [6, 6.07) is 15.2. The van der Waals surface area contributed by atoms with Crippen LogP contribution in [0.4, 0.5) is 0 Å². The second-order valence-electron chi connectivity index (χ2n) is 7.45. The van der Waals surface area contributed by atoms with Crippen LogP contribution < -0.4 is 10.6 Å². The van der Waals surface area contributed by atoms with Gasteiger partial charge in [0.05, 0.1) is 0 Å². The zero-order valence-corrected chi connectivity index (χ0v) is 20.0. The Kier molecular flexibility index (Phi) is 9.74. The molecule has 1 fully saturated rings. The second-order valence-corrected chi connectivity index (χ2v) is 8.49. The maximum absolute atomic E-state index is 5.64. The molecule has 2 aromatic rings. The van der Waals surface area contributed by atoms with E-state index in [0.717, 1.165) is 51.5 Å². The number of aliphatic imine (C=N–C) groups is 1. The average Bonchev–Trinajstić information content (AvgIpc) is 3.22. The molecule has 1 atom stereocenters. The highest BCUT2D eigenvalue weighted by Crippen LogP contribution is 2.34. The van der Waals surface area contributed by atoms with E-state index in [1.165, 1.54) is 10.4 Å². The molecule has 0 amide bonds. The van der Waals surface area contributed by atoms with Crippen LogP contribution in [0.3, 0.4) is 0 Å². The van der Waals surface area contributed by atoms with E-state index in [1.807, 2.05) is 18.4 Å². The maximum Gasteiger partial charge on any atom is 0.191 e. The van der Waals surface area contributed by atoms with Gasteiger partial charge in [0.15, 0.2) is 5.96 Å². The van der Waals surface area contributed by atoms with Crippen LogP contribution in [0.2, 0.25) is 0 Å². The lowest BCUT2D eigenvalue weighted by Crippen LogP contribution is -2.48. The monoisotopic (exact) mass is 513 g/mol. The zero-order chi connectivity index (χ0) is 19.0. The number of ether oxygens (including phenoxy) is 1. The van der Waals surface area contributed by atoms with E-state index in [9.17, 15) is 0 Å². The summed E-state index contributed by atoms with van der Waals surface area (Å²) in [6.07, 6.45) is 3.18. The summed E-state index contributed by atoms with van der Waals surface area (Å²) in [5.41, 5.74) is 1.50. The first kappa shape index (κ1) is 23.2. The van der Waals surface area contributed by atoms with Crippen molar-refractivity contribution in [3.05, 3.63) is 58.3 Å². The molecule has 0 bridgehead atoms. The predicted octanol–water partition coefficient (Wildman–Crippen LogP) is 4.46. The summed E-state index contributed by atoms with van der Waals surface area (Å²) in [6.45, 7) is 5.71. The van der Waals surface area contributed by atoms with Crippen LogP contribution in [-0.4, -0.2) is 39.3 Å². The topological polar surface area (TPSA) is 45.7 Å². The Labute approximate surface area is 190 Å². The van der Waals surface area contributed by atoms with E-state index in [0.29, 0.717) is 5.92 Å². The van der Waals surface area contributed by atoms with Gasteiger partial charge >= 0.3 is 0 Å². The van der Waals surface area contributed by atoms with Crippen molar-refractivity contribution in [2.45, 2.75) is 31.6 Å². The SMILES string of the molecule is CN=C(NCC(C)Cc1cccs1)NCC1(c2ccccc2)CCOCC1.I. The third kappa shape index (κ3) is 6.46. The van der Waals surface area contributed by atoms with E-state index in [4.69, 9.17) is 4.74 Å². The Hall–Kier alpha value is -1.12. The highest BCUT2D eigenvalue weighted by atomic mass is 127. The molecule has 1 aromatic carbocycles. The van der Waals surface area contributed by atoms with Crippen LogP contribution in [0, 0.1) is 5.92 Å². The molecule has 6 heteroatoms. The number of rotatable bonds is 7. The summed E-state index contributed by atoms with van der Waals surface area (Å²) < 4.78 is 5.64. The van der Waals surface area contributed by atoms with Crippen LogP contribution in [0.15, 0.2) is 52.8 Å². The Balaban J connectivity index is 0.00000280. The van der Waals surface area contributed by atoms with Crippen molar-refractivity contribution in [1.29, 1.82) is 0 Å². The van der Waals surface area contributed by atoms with Crippen molar-refractivity contribution in [2.75, 3.05) is 33.4 Å². The molecule has 0 radical (unpaired) electrons. The van der Waals surface area contributed by atoms with Crippen LogP contribution in [0.25, 0.3) is 0 Å². The Bertz CT molecular complexity index is 700. The average molecular weight is 513 g/mol. The lowest BCUT2D eigenvalue weighted by Gasteiger charge is -2.38. The largest absolute Gasteiger partial charge is 0.381 e. The lowest BCUT2D eigenvalue weighted by molar-refractivity contribution is 0.0514. The molecule has 1 unspecified atom stereocenters. The third-order valence-electron chi connectivity index (χ3n) is 5.40. The van der Waals surface area contributed by atoms with Gasteiger partial charge < -0.3 is 15.4 Å². The Morgan fingerprint density at radius 2 is 1.89 bits per heavy atom. The number of thiophene rings is 1. The second kappa shape index (κ2) is 11.8. The predicted molar refractivity (Wildman–Crippen MR) is 130 cm³/mol. The van der Waals surface area contributed by atoms with Crippen LogP contribution in [0.5, 0.6) is 0 Å². The minimum Gasteiger partial charge on any atom is -0.381 e. The van der Waals surface area contributed by atoms with Crippen LogP contribution in [0.1, 0.15) is 30.2 Å².